The lowest BCUT2D eigenvalue weighted by molar-refractivity contribution is -0.459. The summed E-state index contributed by atoms with van der Waals surface area (Å²) in [6, 6.07) is 4.28. The monoisotopic (exact) mass is 209 g/mol. The Labute approximate surface area is 89.1 Å². The third kappa shape index (κ3) is 2.84. The first-order chi connectivity index (χ1) is 6.95. The van der Waals surface area contributed by atoms with E-state index in [-0.39, 0.29) is 0 Å². The fraction of sp³-hybridized carbons (Fsp3) is 0.545. The highest BCUT2D eigenvalue weighted by atomic mass is 32.1. The topological polar surface area (TPSA) is 26.0 Å². The van der Waals surface area contributed by atoms with E-state index in [0.717, 1.165) is 13.1 Å². The van der Waals surface area contributed by atoms with Crippen LogP contribution in [0.1, 0.15) is 30.6 Å². The molecule has 0 spiro atoms. The van der Waals surface area contributed by atoms with Crippen molar-refractivity contribution in [1.82, 2.24) is 5.32 Å². The maximum atomic E-state index is 3.48. The lowest BCUT2D eigenvalue weighted by Crippen LogP contribution is -2.75. The van der Waals surface area contributed by atoms with Crippen LogP contribution in [0.25, 0.3) is 0 Å². The van der Waals surface area contributed by atoms with Crippen LogP contribution < -0.4 is 10.3 Å². The van der Waals surface area contributed by atoms with Crippen LogP contribution in [0.2, 0.25) is 0 Å². The molecular formula is C11H17N2S+. The molecule has 1 aromatic rings. The molecule has 3 heteroatoms. The van der Waals surface area contributed by atoms with Crippen LogP contribution in [0.15, 0.2) is 17.5 Å². The molecule has 0 bridgehead atoms. The summed E-state index contributed by atoms with van der Waals surface area (Å²) in [5, 5.41) is 5.61. The van der Waals surface area contributed by atoms with Gasteiger partial charge in [-0.05, 0) is 30.7 Å². The van der Waals surface area contributed by atoms with Crippen LogP contribution in [0.3, 0.4) is 0 Å². The second kappa shape index (κ2) is 5.15. The van der Waals surface area contributed by atoms with Crippen LogP contribution in [-0.4, -0.2) is 12.4 Å². The van der Waals surface area contributed by atoms with Crippen molar-refractivity contribution >= 4 is 17.2 Å². The molecule has 2 rings (SSSR count). The Balaban J connectivity index is 1.82. The molecule has 0 aromatic carbocycles. The number of thiophene rings is 1. The Morgan fingerprint density at radius 1 is 1.36 bits per heavy atom. The summed E-state index contributed by atoms with van der Waals surface area (Å²) in [4.78, 5) is 4.86. The van der Waals surface area contributed by atoms with Crippen LogP contribution in [0.5, 0.6) is 0 Å². The second-order valence-corrected chi connectivity index (χ2v) is 4.68. The zero-order valence-electron chi connectivity index (χ0n) is 8.38. The van der Waals surface area contributed by atoms with E-state index >= 15 is 0 Å². The number of amidine groups is 1. The molecule has 2 nitrogen and oxygen atoms in total. The van der Waals surface area contributed by atoms with Gasteiger partial charge in [0.05, 0.1) is 6.54 Å². The molecule has 14 heavy (non-hydrogen) atoms. The van der Waals surface area contributed by atoms with Crippen LogP contribution >= 0.6 is 11.3 Å². The summed E-state index contributed by atoms with van der Waals surface area (Å²) in [6.07, 6.45) is 5.17. The van der Waals surface area contributed by atoms with E-state index in [2.05, 4.69) is 27.8 Å². The number of rotatable bonds is 2. The molecule has 0 amide bonds. The standard InChI is InChI=1S/C11H16N2S/c1-2-6-11(12-7-3-1)13-9-10-5-4-8-14-10/h4-5,8H,1-3,6-7,9H2,(H,12,13)/p+1. The Bertz CT molecular complexity index is 290. The van der Waals surface area contributed by atoms with Gasteiger partial charge in [0.15, 0.2) is 0 Å². The molecule has 1 aromatic heterocycles. The first kappa shape index (κ1) is 9.71. The van der Waals surface area contributed by atoms with Crippen molar-refractivity contribution in [3.63, 3.8) is 0 Å². The van der Waals surface area contributed by atoms with Crippen molar-refractivity contribution < 1.29 is 4.99 Å². The third-order valence-electron chi connectivity index (χ3n) is 2.50. The van der Waals surface area contributed by atoms with Crippen molar-refractivity contribution in [2.24, 2.45) is 0 Å². The maximum absolute atomic E-state index is 3.48. The highest BCUT2D eigenvalue weighted by molar-refractivity contribution is 7.09. The molecule has 0 radical (unpaired) electrons. The van der Waals surface area contributed by atoms with Gasteiger partial charge in [0.25, 0.3) is 0 Å². The van der Waals surface area contributed by atoms with Crippen molar-refractivity contribution in [2.45, 2.75) is 32.2 Å². The number of hydrogen-bond donors (Lipinski definition) is 2. The minimum Gasteiger partial charge on any atom is -0.279 e. The van der Waals surface area contributed by atoms with Crippen LogP contribution in [0, 0.1) is 0 Å². The number of nitrogens with one attached hydrogen (secondary N) is 2. The van der Waals surface area contributed by atoms with E-state index in [1.807, 2.05) is 11.3 Å². The normalized spacial score (nSPS) is 17.3. The van der Waals surface area contributed by atoms with Gasteiger partial charge in [0, 0.05) is 11.3 Å². The van der Waals surface area contributed by atoms with Crippen LogP contribution in [-0.2, 0) is 6.54 Å². The van der Waals surface area contributed by atoms with E-state index in [4.69, 9.17) is 0 Å². The zero-order chi connectivity index (χ0) is 9.64. The minimum absolute atomic E-state index is 0.972. The van der Waals surface area contributed by atoms with Gasteiger partial charge in [-0.25, -0.2) is 0 Å². The Morgan fingerprint density at radius 3 is 3.21 bits per heavy atom. The average molecular weight is 209 g/mol. The highest BCUT2D eigenvalue weighted by Gasteiger charge is 2.09. The Hall–Kier alpha value is -0.830. The van der Waals surface area contributed by atoms with Gasteiger partial charge in [-0.3, -0.25) is 10.3 Å². The summed E-state index contributed by atoms with van der Waals surface area (Å²) >= 11 is 1.81. The van der Waals surface area contributed by atoms with Gasteiger partial charge in [-0.1, -0.05) is 6.07 Å². The van der Waals surface area contributed by atoms with Crippen LogP contribution in [0.4, 0.5) is 0 Å². The summed E-state index contributed by atoms with van der Waals surface area (Å²) < 4.78 is 0. The Morgan fingerprint density at radius 2 is 2.36 bits per heavy atom. The van der Waals surface area contributed by atoms with Gasteiger partial charge in [0.1, 0.15) is 6.54 Å². The van der Waals surface area contributed by atoms with Crippen molar-refractivity contribution in [2.75, 3.05) is 6.54 Å². The summed E-state index contributed by atoms with van der Waals surface area (Å²) in [5.74, 6) is 1.33. The fourth-order valence-electron chi connectivity index (χ4n) is 1.69. The summed E-state index contributed by atoms with van der Waals surface area (Å²) in [6.45, 7) is 2.10. The maximum Gasteiger partial charge on any atom is 0.242 e. The van der Waals surface area contributed by atoms with E-state index in [1.54, 1.807) is 0 Å². The quantitative estimate of drug-likeness (QED) is 0.743. The fourth-order valence-corrected chi connectivity index (χ4v) is 2.33. The van der Waals surface area contributed by atoms with E-state index in [9.17, 15) is 0 Å². The smallest absolute Gasteiger partial charge is 0.242 e. The van der Waals surface area contributed by atoms with Crippen molar-refractivity contribution in [3.05, 3.63) is 22.4 Å². The largest absolute Gasteiger partial charge is 0.279 e. The Kier molecular flexibility index (Phi) is 3.57. The van der Waals surface area contributed by atoms with Gasteiger partial charge < -0.3 is 0 Å². The predicted molar refractivity (Wildman–Crippen MR) is 60.5 cm³/mol. The molecule has 0 saturated heterocycles. The summed E-state index contributed by atoms with van der Waals surface area (Å²) in [5.41, 5.74) is 0. The SMILES string of the molecule is c1csc(CNC2=[NH+]CCCCC2)c1. The predicted octanol–water partition coefficient (Wildman–Crippen LogP) is 0.891. The van der Waals surface area contributed by atoms with E-state index in [1.165, 1.54) is 36.4 Å². The lowest BCUT2D eigenvalue weighted by atomic mass is 10.2. The van der Waals surface area contributed by atoms with Gasteiger partial charge in [-0.2, -0.15) is 0 Å². The molecule has 1 aliphatic rings. The molecule has 0 aliphatic carbocycles. The molecule has 2 heterocycles. The molecule has 0 saturated carbocycles. The molecule has 76 valence electrons. The van der Waals surface area contributed by atoms with Crippen molar-refractivity contribution in [3.8, 4) is 0 Å². The molecule has 0 fully saturated rings. The first-order valence-electron chi connectivity index (χ1n) is 5.31. The summed E-state index contributed by atoms with van der Waals surface area (Å²) in [7, 11) is 0. The molecule has 1 aliphatic heterocycles. The van der Waals surface area contributed by atoms with Gasteiger partial charge in [-0.15, -0.1) is 11.3 Å². The minimum atomic E-state index is 0.972. The lowest BCUT2D eigenvalue weighted by Gasteiger charge is -1.98. The second-order valence-electron chi connectivity index (χ2n) is 3.65. The molecular weight excluding hydrogens is 192 g/mol. The third-order valence-corrected chi connectivity index (χ3v) is 3.37. The first-order valence-corrected chi connectivity index (χ1v) is 6.19. The molecule has 0 atom stereocenters. The van der Waals surface area contributed by atoms with E-state index < -0.39 is 0 Å². The van der Waals surface area contributed by atoms with Crippen molar-refractivity contribution in [1.29, 1.82) is 0 Å². The highest BCUT2D eigenvalue weighted by Crippen LogP contribution is 2.07. The van der Waals surface area contributed by atoms with Gasteiger partial charge in [0.2, 0.25) is 5.84 Å². The van der Waals surface area contributed by atoms with Gasteiger partial charge >= 0.3 is 0 Å². The molecule has 2 N–H and O–H groups in total. The average Bonchev–Trinajstić information content (AvgIpc) is 2.58. The molecule has 0 unspecified atom stereocenters. The number of hydrogen-bond acceptors (Lipinski definition) is 2. The van der Waals surface area contributed by atoms with E-state index in [0.29, 0.717) is 0 Å². The zero-order valence-corrected chi connectivity index (χ0v) is 9.20.